The summed E-state index contributed by atoms with van der Waals surface area (Å²) in [5.74, 6) is -0.409. The monoisotopic (exact) mass is 663 g/mol. The molecule has 1 fully saturated rings. The van der Waals surface area contributed by atoms with Crippen LogP contribution in [0.5, 0.6) is 5.75 Å². The van der Waals surface area contributed by atoms with E-state index in [1.54, 1.807) is 59.5 Å². The number of carbonyl (C=O) groups excluding carboxylic acids is 2. The fourth-order valence-electron chi connectivity index (χ4n) is 5.86. The van der Waals surface area contributed by atoms with Crippen molar-refractivity contribution in [3.63, 3.8) is 0 Å². The highest BCUT2D eigenvalue weighted by Gasteiger charge is 2.29. The van der Waals surface area contributed by atoms with Crippen LogP contribution in [0.3, 0.4) is 0 Å². The van der Waals surface area contributed by atoms with Crippen LogP contribution < -0.4 is 15.6 Å². The van der Waals surface area contributed by atoms with Crippen LogP contribution in [0.15, 0.2) is 53.8 Å². The van der Waals surface area contributed by atoms with Gasteiger partial charge in [-0.05, 0) is 56.9 Å². The number of rotatable bonds is 12. The van der Waals surface area contributed by atoms with E-state index in [4.69, 9.17) is 14.6 Å². The first-order valence-corrected chi connectivity index (χ1v) is 19.7. The third-order valence-electron chi connectivity index (χ3n) is 8.69. The molecule has 3 heterocycles. The highest BCUT2D eigenvalue weighted by molar-refractivity contribution is 6.76. The minimum Gasteiger partial charge on any atom is -0.496 e. The molecule has 0 spiro atoms. The van der Waals surface area contributed by atoms with Gasteiger partial charge in [-0.1, -0.05) is 19.6 Å². The lowest BCUT2D eigenvalue weighted by Crippen LogP contribution is -2.43. The van der Waals surface area contributed by atoms with Crippen molar-refractivity contribution in [3.05, 3.63) is 65.0 Å². The normalized spacial score (nSPS) is 17.4. The molecule has 1 aromatic carbocycles. The van der Waals surface area contributed by atoms with E-state index in [0.29, 0.717) is 23.6 Å². The number of nitrogens with zero attached hydrogens (tertiary/aromatic N) is 6. The van der Waals surface area contributed by atoms with Crippen molar-refractivity contribution < 1.29 is 24.2 Å². The van der Waals surface area contributed by atoms with Crippen molar-refractivity contribution in [3.8, 4) is 11.4 Å². The number of methoxy groups -OCH3 is 1. The van der Waals surface area contributed by atoms with E-state index in [1.165, 1.54) is 18.6 Å². The molecule has 3 aromatic heterocycles. The molecule has 1 aliphatic rings. The van der Waals surface area contributed by atoms with E-state index in [-0.39, 0.29) is 36.0 Å². The molecule has 0 aliphatic heterocycles. The second-order valence-electron chi connectivity index (χ2n) is 13.4. The number of hydrogen-bond acceptors (Lipinski definition) is 8. The maximum Gasteiger partial charge on any atom is 0.278 e. The number of aliphatic hydroxyl groups is 1. The highest BCUT2D eigenvalue weighted by atomic mass is 28.3. The number of hydrogen-bond donors (Lipinski definition) is 2. The number of likely N-dealkylation sites (N-methyl/N-ethyl adjacent to an activating group) is 1. The van der Waals surface area contributed by atoms with Gasteiger partial charge in [0, 0.05) is 51.6 Å². The number of amides is 2. The molecule has 5 rings (SSSR count). The van der Waals surface area contributed by atoms with Crippen LogP contribution in [0.1, 0.15) is 49.0 Å². The molecule has 2 N–H and O–H groups in total. The Hall–Kier alpha value is -4.27. The second-order valence-corrected chi connectivity index (χ2v) is 19.1. The zero-order valence-corrected chi connectivity index (χ0v) is 29.0. The smallest absolute Gasteiger partial charge is 0.278 e. The van der Waals surface area contributed by atoms with Gasteiger partial charge in [-0.25, -0.2) is 4.68 Å². The van der Waals surface area contributed by atoms with Crippen LogP contribution >= 0.6 is 0 Å². The van der Waals surface area contributed by atoms with Crippen molar-refractivity contribution in [1.82, 2.24) is 29.0 Å². The summed E-state index contributed by atoms with van der Waals surface area (Å²) in [5.41, 5.74) is 1.24. The van der Waals surface area contributed by atoms with Crippen LogP contribution in [0.2, 0.25) is 25.7 Å². The summed E-state index contributed by atoms with van der Waals surface area (Å²) >= 11 is 0. The van der Waals surface area contributed by atoms with Crippen LogP contribution in [-0.4, -0.2) is 86.9 Å². The first-order valence-electron chi connectivity index (χ1n) is 16.0. The summed E-state index contributed by atoms with van der Waals surface area (Å²) in [6.07, 6.45) is 9.10. The van der Waals surface area contributed by atoms with Crippen molar-refractivity contribution >= 4 is 36.5 Å². The average molecular weight is 664 g/mol. The first kappa shape index (κ1) is 34.1. The summed E-state index contributed by atoms with van der Waals surface area (Å²) < 4.78 is 16.3. The molecular weight excluding hydrogens is 618 g/mol. The Kier molecular flexibility index (Phi) is 10.3. The van der Waals surface area contributed by atoms with E-state index in [1.807, 2.05) is 10.9 Å². The fourth-order valence-corrected chi connectivity index (χ4v) is 6.61. The maximum absolute atomic E-state index is 13.5. The number of nitrogens with one attached hydrogen (secondary N) is 1. The van der Waals surface area contributed by atoms with E-state index < -0.39 is 25.6 Å². The molecule has 47 heavy (non-hydrogen) atoms. The van der Waals surface area contributed by atoms with Gasteiger partial charge in [0.25, 0.3) is 17.4 Å². The fraction of sp³-hybridized carbons (Fsp3) is 0.485. The lowest BCUT2D eigenvalue weighted by Gasteiger charge is -2.35. The Labute approximate surface area is 275 Å². The molecule has 252 valence electrons. The minimum atomic E-state index is -1.19. The van der Waals surface area contributed by atoms with E-state index >= 15 is 0 Å². The largest absolute Gasteiger partial charge is 0.496 e. The molecule has 2 amide bonds. The molecular formula is C33H45N7O6Si. The van der Waals surface area contributed by atoms with Crippen LogP contribution in [0, 0.1) is 0 Å². The Balaban J connectivity index is 1.28. The molecule has 13 nitrogen and oxygen atoms in total. The van der Waals surface area contributed by atoms with Crippen molar-refractivity contribution in [2.24, 2.45) is 0 Å². The number of pyridine rings is 1. The van der Waals surface area contributed by atoms with Gasteiger partial charge in [-0.3, -0.25) is 23.6 Å². The second kappa shape index (κ2) is 14.2. The third-order valence-corrected chi connectivity index (χ3v) is 10.4. The summed E-state index contributed by atoms with van der Waals surface area (Å²) in [6, 6.07) is 7.97. The molecule has 1 atom stereocenters. The number of fused-ring (bicyclic) bond motifs is 1. The Morgan fingerprint density at radius 3 is 2.60 bits per heavy atom. The van der Waals surface area contributed by atoms with E-state index in [2.05, 4.69) is 30.1 Å². The number of carbonyl (C=O) groups is 2. The molecule has 0 radical (unpaired) electrons. The zero-order chi connectivity index (χ0) is 33.9. The molecule has 0 bridgehead atoms. The SMILES string of the molecule is COc1cc2nn(C3CCC(N(C)C(=O)[C@@H](C)O)CC3)cc2cc1C(=O)Nc1cccn(-c2cnn(COCC[Si](C)(C)C)c2)c1=O. The van der Waals surface area contributed by atoms with Crippen LogP contribution in [0.25, 0.3) is 16.6 Å². The number of ether oxygens (including phenoxy) is 2. The minimum absolute atomic E-state index is 0.0751. The Morgan fingerprint density at radius 1 is 1.17 bits per heavy atom. The Bertz CT molecular complexity index is 1780. The van der Waals surface area contributed by atoms with Gasteiger partial charge < -0.3 is 24.8 Å². The van der Waals surface area contributed by atoms with Gasteiger partial charge >= 0.3 is 0 Å². The number of aliphatic hydroxyl groups excluding tert-OH is 1. The quantitative estimate of drug-likeness (QED) is 0.169. The Morgan fingerprint density at radius 2 is 1.91 bits per heavy atom. The van der Waals surface area contributed by atoms with Gasteiger partial charge in [-0.2, -0.15) is 10.2 Å². The molecule has 14 heteroatoms. The topological polar surface area (TPSA) is 146 Å². The number of aromatic nitrogens is 5. The van der Waals surface area contributed by atoms with Crippen molar-refractivity contribution in [1.29, 1.82) is 0 Å². The molecule has 0 unspecified atom stereocenters. The molecule has 0 saturated heterocycles. The lowest BCUT2D eigenvalue weighted by atomic mass is 9.90. The van der Waals surface area contributed by atoms with E-state index in [0.717, 1.165) is 37.1 Å². The standard InChI is InChI=1S/C33H45N7O6Si/c1-22(41)32(43)37(2)24-9-11-25(12-10-24)40-19-23-16-27(30(45-3)17-29(23)36-40)31(42)35-28-8-7-13-39(33(28)44)26-18-34-38(20-26)21-46-14-15-47(4,5)6/h7-8,13,16-20,22,24-25,41H,9-12,14-15,21H2,1-6H3,(H,35,42)/t22-,24?,25?/m1/s1. The predicted octanol–water partition coefficient (Wildman–Crippen LogP) is 4.28. The van der Waals surface area contributed by atoms with E-state index in [9.17, 15) is 19.5 Å². The van der Waals surface area contributed by atoms with Gasteiger partial charge in [0.05, 0.1) is 42.3 Å². The lowest BCUT2D eigenvalue weighted by molar-refractivity contribution is -0.140. The van der Waals surface area contributed by atoms with Gasteiger partial charge in [-0.15, -0.1) is 0 Å². The molecule has 1 saturated carbocycles. The van der Waals surface area contributed by atoms with Crippen LogP contribution in [0.4, 0.5) is 5.69 Å². The molecule has 1 aliphatic carbocycles. The maximum atomic E-state index is 13.5. The van der Waals surface area contributed by atoms with Gasteiger partial charge in [0.1, 0.15) is 24.3 Å². The first-order chi connectivity index (χ1) is 22.3. The van der Waals surface area contributed by atoms with Gasteiger partial charge in [0.15, 0.2) is 0 Å². The number of anilines is 1. The zero-order valence-electron chi connectivity index (χ0n) is 28.0. The summed E-state index contributed by atoms with van der Waals surface area (Å²) in [5, 5.41) is 22.3. The van der Waals surface area contributed by atoms with Crippen LogP contribution in [-0.2, 0) is 16.3 Å². The summed E-state index contributed by atoms with van der Waals surface area (Å²) in [4.78, 5) is 40.8. The molecule has 4 aromatic rings. The average Bonchev–Trinajstić information content (AvgIpc) is 3.69. The number of benzene rings is 1. The van der Waals surface area contributed by atoms with Crippen molar-refractivity contribution in [2.45, 2.75) is 83.2 Å². The highest BCUT2D eigenvalue weighted by Crippen LogP contribution is 2.33. The third kappa shape index (κ3) is 8.00. The summed E-state index contributed by atoms with van der Waals surface area (Å²) in [6.45, 7) is 9.33. The predicted molar refractivity (Wildman–Crippen MR) is 182 cm³/mol. The van der Waals surface area contributed by atoms with Gasteiger partial charge in [0.2, 0.25) is 0 Å². The van der Waals surface area contributed by atoms with Crippen molar-refractivity contribution in [2.75, 3.05) is 26.1 Å². The summed E-state index contributed by atoms with van der Waals surface area (Å²) in [7, 11) is 2.04.